The second-order valence-electron chi connectivity index (χ2n) is 4.13. The molecule has 1 fully saturated rings. The predicted molar refractivity (Wildman–Crippen MR) is 62.3 cm³/mol. The van der Waals surface area contributed by atoms with E-state index in [2.05, 4.69) is 29.6 Å². The van der Waals surface area contributed by atoms with Gasteiger partial charge < -0.3 is 10.1 Å². The second kappa shape index (κ2) is 5.17. The molecule has 0 heterocycles. The Morgan fingerprint density at radius 1 is 1.33 bits per heavy atom. The summed E-state index contributed by atoms with van der Waals surface area (Å²) in [4.78, 5) is 0. The number of likely N-dealkylation sites (N-methyl/N-ethyl adjacent to an activating group) is 1. The lowest BCUT2D eigenvalue weighted by Crippen LogP contribution is -2.25. The van der Waals surface area contributed by atoms with E-state index in [1.165, 1.54) is 24.8 Å². The molecule has 1 aromatic carbocycles. The number of hydrogen-bond acceptors (Lipinski definition) is 2. The van der Waals surface area contributed by atoms with Crippen molar-refractivity contribution >= 4 is 0 Å². The minimum absolute atomic E-state index is 0.473. The summed E-state index contributed by atoms with van der Waals surface area (Å²) in [5, 5.41) is 3.17. The van der Waals surface area contributed by atoms with Gasteiger partial charge in [-0.25, -0.2) is 0 Å². The Kier molecular flexibility index (Phi) is 3.62. The van der Waals surface area contributed by atoms with E-state index in [1.54, 1.807) is 0 Å². The van der Waals surface area contributed by atoms with Gasteiger partial charge in [0.15, 0.2) is 0 Å². The van der Waals surface area contributed by atoms with Crippen molar-refractivity contribution in [2.24, 2.45) is 0 Å². The van der Waals surface area contributed by atoms with E-state index in [0.717, 1.165) is 18.7 Å². The first-order valence-corrected chi connectivity index (χ1v) is 5.79. The summed E-state index contributed by atoms with van der Waals surface area (Å²) < 4.78 is 5.95. The molecule has 0 amide bonds. The Morgan fingerprint density at radius 2 is 2.13 bits per heavy atom. The normalized spacial score (nSPS) is 16.1. The van der Waals surface area contributed by atoms with Crippen LogP contribution in [0.5, 0.6) is 5.75 Å². The highest BCUT2D eigenvalue weighted by Gasteiger charge is 2.19. The fourth-order valence-corrected chi connectivity index (χ4v) is 1.75. The summed E-state index contributed by atoms with van der Waals surface area (Å²) in [7, 11) is 1.98. The molecule has 15 heavy (non-hydrogen) atoms. The van der Waals surface area contributed by atoms with Gasteiger partial charge in [-0.1, -0.05) is 18.2 Å². The maximum Gasteiger partial charge on any atom is 0.122 e. The van der Waals surface area contributed by atoms with Crippen LogP contribution in [0.3, 0.4) is 0 Å². The summed E-state index contributed by atoms with van der Waals surface area (Å²) in [6.45, 7) is 1.00. The molecule has 0 spiro atoms. The molecule has 0 aromatic heterocycles. The number of nitrogens with one attached hydrogen (secondary N) is 1. The highest BCUT2D eigenvalue weighted by Crippen LogP contribution is 2.27. The zero-order chi connectivity index (χ0) is 10.5. The van der Waals surface area contributed by atoms with Crippen LogP contribution in [0, 0.1) is 0 Å². The smallest absolute Gasteiger partial charge is 0.122 e. The van der Waals surface area contributed by atoms with Crippen molar-refractivity contribution in [2.45, 2.75) is 31.8 Å². The third kappa shape index (κ3) is 2.72. The summed E-state index contributed by atoms with van der Waals surface area (Å²) in [6.07, 6.45) is 5.28. The molecule has 0 atom stereocenters. The van der Waals surface area contributed by atoms with Gasteiger partial charge in [-0.15, -0.1) is 0 Å². The molecule has 2 heteroatoms. The SMILES string of the molecule is CNCCc1ccccc1OC1CCC1. The largest absolute Gasteiger partial charge is 0.490 e. The van der Waals surface area contributed by atoms with E-state index < -0.39 is 0 Å². The van der Waals surface area contributed by atoms with E-state index in [-0.39, 0.29) is 0 Å². The lowest BCUT2D eigenvalue weighted by molar-refractivity contribution is 0.119. The zero-order valence-electron chi connectivity index (χ0n) is 9.33. The average molecular weight is 205 g/mol. The monoisotopic (exact) mass is 205 g/mol. The van der Waals surface area contributed by atoms with Crippen molar-refractivity contribution in [3.8, 4) is 5.75 Å². The first-order chi connectivity index (χ1) is 7.40. The molecule has 0 aliphatic heterocycles. The van der Waals surface area contributed by atoms with Crippen LogP contribution in [0.4, 0.5) is 0 Å². The molecule has 1 saturated carbocycles. The van der Waals surface area contributed by atoms with Crippen molar-refractivity contribution in [1.29, 1.82) is 0 Å². The highest BCUT2D eigenvalue weighted by atomic mass is 16.5. The molecule has 0 bridgehead atoms. The van der Waals surface area contributed by atoms with Gasteiger partial charge in [-0.05, 0) is 50.9 Å². The number of para-hydroxylation sites is 1. The molecular formula is C13H19NO. The quantitative estimate of drug-likeness (QED) is 0.797. The second-order valence-corrected chi connectivity index (χ2v) is 4.13. The van der Waals surface area contributed by atoms with Crippen molar-refractivity contribution in [3.63, 3.8) is 0 Å². The van der Waals surface area contributed by atoms with Crippen LogP contribution < -0.4 is 10.1 Å². The van der Waals surface area contributed by atoms with Gasteiger partial charge in [0.25, 0.3) is 0 Å². The first kappa shape index (κ1) is 10.5. The zero-order valence-corrected chi connectivity index (χ0v) is 9.33. The van der Waals surface area contributed by atoms with Gasteiger partial charge in [0.1, 0.15) is 5.75 Å². The van der Waals surface area contributed by atoms with Gasteiger partial charge in [0.05, 0.1) is 6.10 Å². The predicted octanol–water partition coefficient (Wildman–Crippen LogP) is 2.38. The van der Waals surface area contributed by atoms with Crippen molar-refractivity contribution in [2.75, 3.05) is 13.6 Å². The minimum atomic E-state index is 0.473. The van der Waals surface area contributed by atoms with Gasteiger partial charge in [0, 0.05) is 0 Å². The topological polar surface area (TPSA) is 21.3 Å². The van der Waals surface area contributed by atoms with Crippen LogP contribution >= 0.6 is 0 Å². The maximum atomic E-state index is 5.95. The third-order valence-electron chi connectivity index (χ3n) is 2.96. The van der Waals surface area contributed by atoms with Crippen molar-refractivity contribution < 1.29 is 4.74 Å². The van der Waals surface area contributed by atoms with E-state index in [0.29, 0.717) is 6.10 Å². The Morgan fingerprint density at radius 3 is 2.80 bits per heavy atom. The molecule has 1 aliphatic carbocycles. The molecule has 2 nitrogen and oxygen atoms in total. The van der Waals surface area contributed by atoms with Crippen LogP contribution in [-0.4, -0.2) is 19.7 Å². The summed E-state index contributed by atoms with van der Waals surface area (Å²) in [5.41, 5.74) is 1.32. The van der Waals surface area contributed by atoms with Gasteiger partial charge in [-0.3, -0.25) is 0 Å². The lowest BCUT2D eigenvalue weighted by Gasteiger charge is -2.27. The van der Waals surface area contributed by atoms with Crippen molar-refractivity contribution in [1.82, 2.24) is 5.32 Å². The van der Waals surface area contributed by atoms with E-state index in [9.17, 15) is 0 Å². The Balaban J connectivity index is 1.99. The molecule has 0 unspecified atom stereocenters. The molecule has 82 valence electrons. The minimum Gasteiger partial charge on any atom is -0.490 e. The van der Waals surface area contributed by atoms with Crippen LogP contribution in [0.1, 0.15) is 24.8 Å². The first-order valence-electron chi connectivity index (χ1n) is 5.79. The number of hydrogen-bond donors (Lipinski definition) is 1. The molecule has 1 N–H and O–H groups in total. The summed E-state index contributed by atoms with van der Waals surface area (Å²) in [6, 6.07) is 8.38. The van der Waals surface area contributed by atoms with Crippen LogP contribution in [-0.2, 0) is 6.42 Å². The maximum absolute atomic E-state index is 5.95. The van der Waals surface area contributed by atoms with Gasteiger partial charge in [0.2, 0.25) is 0 Å². The van der Waals surface area contributed by atoms with Crippen LogP contribution in [0.15, 0.2) is 24.3 Å². The van der Waals surface area contributed by atoms with Crippen LogP contribution in [0.25, 0.3) is 0 Å². The Hall–Kier alpha value is -1.02. The molecule has 1 aromatic rings. The van der Waals surface area contributed by atoms with Gasteiger partial charge >= 0.3 is 0 Å². The standard InChI is InChI=1S/C13H19NO/c1-14-10-9-11-5-2-3-8-13(11)15-12-6-4-7-12/h2-3,5,8,12,14H,4,6-7,9-10H2,1H3. The van der Waals surface area contributed by atoms with Crippen molar-refractivity contribution in [3.05, 3.63) is 29.8 Å². The number of rotatable bonds is 5. The average Bonchev–Trinajstić information content (AvgIpc) is 2.22. The third-order valence-corrected chi connectivity index (χ3v) is 2.96. The Bertz CT molecular complexity index is 307. The van der Waals surface area contributed by atoms with Crippen LogP contribution in [0.2, 0.25) is 0 Å². The van der Waals surface area contributed by atoms with E-state index in [1.807, 2.05) is 7.05 Å². The summed E-state index contributed by atoms with van der Waals surface area (Å²) in [5.74, 6) is 1.08. The fraction of sp³-hybridized carbons (Fsp3) is 0.538. The Labute approximate surface area is 91.6 Å². The molecule has 2 rings (SSSR count). The fourth-order valence-electron chi connectivity index (χ4n) is 1.75. The van der Waals surface area contributed by atoms with E-state index >= 15 is 0 Å². The number of benzene rings is 1. The molecule has 1 aliphatic rings. The molecule has 0 radical (unpaired) electrons. The summed E-state index contributed by atoms with van der Waals surface area (Å²) >= 11 is 0. The van der Waals surface area contributed by atoms with Gasteiger partial charge in [-0.2, -0.15) is 0 Å². The highest BCUT2D eigenvalue weighted by molar-refractivity contribution is 5.33. The lowest BCUT2D eigenvalue weighted by atomic mass is 9.96. The molecular weight excluding hydrogens is 186 g/mol. The molecule has 0 saturated heterocycles. The van der Waals surface area contributed by atoms with E-state index in [4.69, 9.17) is 4.74 Å². The number of ether oxygens (including phenoxy) is 1.